The lowest BCUT2D eigenvalue weighted by molar-refractivity contribution is -0.0143. The van der Waals surface area contributed by atoms with E-state index >= 15 is 0 Å². The van der Waals surface area contributed by atoms with E-state index < -0.39 is 0 Å². The Morgan fingerprint density at radius 1 is 1.46 bits per heavy atom. The van der Waals surface area contributed by atoms with Crippen LogP contribution in [0.15, 0.2) is 0 Å². The van der Waals surface area contributed by atoms with Crippen LogP contribution in [0.25, 0.3) is 0 Å². The predicted octanol–water partition coefficient (Wildman–Crippen LogP) is 1.17. The quantitative estimate of drug-likeness (QED) is 0.738. The van der Waals surface area contributed by atoms with E-state index in [1.54, 1.807) is 0 Å². The Hall–Kier alpha value is 0.170. The summed E-state index contributed by atoms with van der Waals surface area (Å²) in [6.07, 6.45) is 2.29. The second-order valence-electron chi connectivity index (χ2n) is 3.94. The molecule has 0 aromatic rings. The molecule has 4 heteroatoms. The lowest BCUT2D eigenvalue weighted by Crippen LogP contribution is -2.39. The minimum Gasteiger partial charge on any atom is -0.381 e. The fraction of sp³-hybridized carbons (Fsp3) is 1.00. The molecule has 2 aliphatic rings. The standard InChI is InChI=1S/C9H17NO2.ClH/c1-9(10-3-5-12-9)6-8-2-4-11-7-8;/h8,10H,2-7H2,1H3;1H. The van der Waals surface area contributed by atoms with Crippen LogP contribution in [-0.2, 0) is 9.47 Å². The minimum atomic E-state index is -0.0711. The highest BCUT2D eigenvalue weighted by Crippen LogP contribution is 2.26. The zero-order valence-corrected chi connectivity index (χ0v) is 8.86. The number of hydrogen-bond donors (Lipinski definition) is 1. The van der Waals surface area contributed by atoms with Crippen LogP contribution in [-0.4, -0.2) is 32.1 Å². The molecule has 2 unspecified atom stereocenters. The van der Waals surface area contributed by atoms with Crippen LogP contribution >= 0.6 is 12.4 Å². The number of rotatable bonds is 2. The van der Waals surface area contributed by atoms with E-state index in [1.165, 1.54) is 6.42 Å². The van der Waals surface area contributed by atoms with Crippen molar-refractivity contribution in [3.05, 3.63) is 0 Å². The summed E-state index contributed by atoms with van der Waals surface area (Å²) in [5.74, 6) is 0.695. The number of halogens is 1. The summed E-state index contributed by atoms with van der Waals surface area (Å²) in [6.45, 7) is 5.83. The zero-order chi connectivity index (χ0) is 8.44. The molecule has 2 atom stereocenters. The molecule has 2 fully saturated rings. The minimum absolute atomic E-state index is 0. The molecule has 2 rings (SSSR count). The molecule has 2 aliphatic heterocycles. The summed E-state index contributed by atoms with van der Waals surface area (Å²) in [4.78, 5) is 0. The maximum atomic E-state index is 5.64. The van der Waals surface area contributed by atoms with Gasteiger partial charge in [-0.3, -0.25) is 5.32 Å². The first-order chi connectivity index (χ1) is 5.79. The van der Waals surface area contributed by atoms with Crippen LogP contribution < -0.4 is 5.32 Å². The molecule has 0 aliphatic carbocycles. The van der Waals surface area contributed by atoms with Gasteiger partial charge in [0.2, 0.25) is 0 Å². The lowest BCUT2D eigenvalue weighted by atomic mass is 9.98. The molecule has 3 nitrogen and oxygen atoms in total. The van der Waals surface area contributed by atoms with Crippen molar-refractivity contribution in [2.75, 3.05) is 26.4 Å². The number of hydrogen-bond acceptors (Lipinski definition) is 3. The molecular weight excluding hydrogens is 190 g/mol. The topological polar surface area (TPSA) is 30.5 Å². The van der Waals surface area contributed by atoms with Crippen molar-refractivity contribution in [3.8, 4) is 0 Å². The van der Waals surface area contributed by atoms with E-state index in [0.717, 1.165) is 32.8 Å². The van der Waals surface area contributed by atoms with E-state index in [1.807, 2.05) is 0 Å². The third-order valence-corrected chi connectivity index (χ3v) is 2.72. The summed E-state index contributed by atoms with van der Waals surface area (Å²) in [5, 5.41) is 3.38. The van der Waals surface area contributed by atoms with Crippen molar-refractivity contribution in [1.82, 2.24) is 5.32 Å². The molecule has 0 saturated carbocycles. The van der Waals surface area contributed by atoms with E-state index in [9.17, 15) is 0 Å². The zero-order valence-electron chi connectivity index (χ0n) is 8.04. The molecule has 1 N–H and O–H groups in total. The Labute approximate surface area is 85.6 Å². The number of nitrogens with one attached hydrogen (secondary N) is 1. The largest absolute Gasteiger partial charge is 0.381 e. The van der Waals surface area contributed by atoms with Gasteiger partial charge in [-0.25, -0.2) is 0 Å². The molecule has 0 aromatic carbocycles. The maximum absolute atomic E-state index is 5.64. The molecule has 0 radical (unpaired) electrons. The van der Waals surface area contributed by atoms with Crippen LogP contribution in [0.2, 0.25) is 0 Å². The van der Waals surface area contributed by atoms with Gasteiger partial charge in [0.1, 0.15) is 5.72 Å². The molecule has 0 amide bonds. The molecule has 0 aromatic heterocycles. The van der Waals surface area contributed by atoms with Crippen LogP contribution in [0.1, 0.15) is 19.8 Å². The second-order valence-corrected chi connectivity index (χ2v) is 3.94. The Bertz CT molecular complexity index is 154. The van der Waals surface area contributed by atoms with Gasteiger partial charge < -0.3 is 9.47 Å². The third kappa shape index (κ3) is 2.81. The van der Waals surface area contributed by atoms with Crippen molar-refractivity contribution in [1.29, 1.82) is 0 Å². The highest BCUT2D eigenvalue weighted by Gasteiger charge is 2.33. The van der Waals surface area contributed by atoms with Crippen LogP contribution in [0, 0.1) is 5.92 Å². The summed E-state index contributed by atoms with van der Waals surface area (Å²) >= 11 is 0. The Kier molecular flexibility index (Phi) is 3.98. The van der Waals surface area contributed by atoms with Gasteiger partial charge in [-0.05, 0) is 25.7 Å². The van der Waals surface area contributed by atoms with Crippen LogP contribution in [0.5, 0.6) is 0 Å². The normalized spacial score (nSPS) is 39.0. The highest BCUT2D eigenvalue weighted by atomic mass is 35.5. The van der Waals surface area contributed by atoms with Crippen LogP contribution in [0.4, 0.5) is 0 Å². The van der Waals surface area contributed by atoms with Crippen LogP contribution in [0.3, 0.4) is 0 Å². The van der Waals surface area contributed by atoms with Crippen molar-refractivity contribution >= 4 is 12.4 Å². The van der Waals surface area contributed by atoms with E-state index in [-0.39, 0.29) is 18.1 Å². The van der Waals surface area contributed by atoms with E-state index in [2.05, 4.69) is 12.2 Å². The molecule has 78 valence electrons. The Balaban J connectivity index is 0.000000845. The maximum Gasteiger partial charge on any atom is 0.116 e. The predicted molar refractivity (Wildman–Crippen MR) is 53.2 cm³/mol. The molecule has 0 spiro atoms. The van der Waals surface area contributed by atoms with Gasteiger partial charge in [0.15, 0.2) is 0 Å². The summed E-state index contributed by atoms with van der Waals surface area (Å²) in [7, 11) is 0. The van der Waals surface area contributed by atoms with Crippen molar-refractivity contribution in [2.45, 2.75) is 25.5 Å². The van der Waals surface area contributed by atoms with Crippen molar-refractivity contribution in [3.63, 3.8) is 0 Å². The lowest BCUT2D eigenvalue weighted by Gasteiger charge is -2.26. The van der Waals surface area contributed by atoms with Gasteiger partial charge in [0.25, 0.3) is 0 Å². The smallest absolute Gasteiger partial charge is 0.116 e. The van der Waals surface area contributed by atoms with Gasteiger partial charge >= 0.3 is 0 Å². The summed E-state index contributed by atoms with van der Waals surface area (Å²) in [6, 6.07) is 0. The van der Waals surface area contributed by atoms with Gasteiger partial charge in [-0.2, -0.15) is 0 Å². The summed E-state index contributed by atoms with van der Waals surface area (Å²) in [5.41, 5.74) is -0.0711. The first kappa shape index (κ1) is 11.2. The molecule has 2 saturated heterocycles. The van der Waals surface area contributed by atoms with Gasteiger partial charge in [-0.1, -0.05) is 0 Å². The Morgan fingerprint density at radius 2 is 2.31 bits per heavy atom. The molecule has 13 heavy (non-hydrogen) atoms. The SMILES string of the molecule is CC1(CC2CCOC2)NCCO1.Cl. The van der Waals surface area contributed by atoms with Crippen molar-refractivity contribution in [2.24, 2.45) is 5.92 Å². The highest BCUT2D eigenvalue weighted by molar-refractivity contribution is 5.85. The monoisotopic (exact) mass is 207 g/mol. The first-order valence-corrected chi connectivity index (χ1v) is 4.75. The Morgan fingerprint density at radius 3 is 2.85 bits per heavy atom. The molecule has 2 heterocycles. The first-order valence-electron chi connectivity index (χ1n) is 4.75. The average molecular weight is 208 g/mol. The molecule has 0 bridgehead atoms. The molecular formula is C9H18ClNO2. The van der Waals surface area contributed by atoms with Crippen molar-refractivity contribution < 1.29 is 9.47 Å². The van der Waals surface area contributed by atoms with E-state index in [4.69, 9.17) is 9.47 Å². The van der Waals surface area contributed by atoms with Gasteiger partial charge in [-0.15, -0.1) is 12.4 Å². The number of ether oxygens (including phenoxy) is 2. The fourth-order valence-corrected chi connectivity index (χ4v) is 2.07. The summed E-state index contributed by atoms with van der Waals surface area (Å²) < 4.78 is 11.0. The van der Waals surface area contributed by atoms with E-state index in [0.29, 0.717) is 5.92 Å². The van der Waals surface area contributed by atoms with Gasteiger partial charge in [0.05, 0.1) is 6.61 Å². The third-order valence-electron chi connectivity index (χ3n) is 2.72. The fourth-order valence-electron chi connectivity index (χ4n) is 2.07. The second kappa shape index (κ2) is 4.60. The average Bonchev–Trinajstić information content (AvgIpc) is 2.62. The van der Waals surface area contributed by atoms with Gasteiger partial charge in [0, 0.05) is 19.8 Å².